The molecule has 1 N–H and O–H groups in total. The lowest BCUT2D eigenvalue weighted by Crippen LogP contribution is -2.47. The number of likely N-dealkylation sites (N-methyl/N-ethyl adjacent to an activating group) is 2. The van der Waals surface area contributed by atoms with E-state index in [4.69, 9.17) is 11.6 Å². The molecule has 0 bridgehead atoms. The highest BCUT2D eigenvalue weighted by atomic mass is 35.5. The highest BCUT2D eigenvalue weighted by Crippen LogP contribution is 2.13. The molecule has 7 heteroatoms. The molecule has 1 aliphatic heterocycles. The number of nitrogens with one attached hydrogen (secondary N) is 1. The summed E-state index contributed by atoms with van der Waals surface area (Å²) >= 11 is 5.81. The Bertz CT molecular complexity index is 519. The van der Waals surface area contributed by atoms with Crippen molar-refractivity contribution in [2.45, 2.75) is 59.0 Å². The number of hydrogen-bond donors (Lipinski definition) is 1. The van der Waals surface area contributed by atoms with Crippen LogP contribution in [-0.2, 0) is 0 Å². The van der Waals surface area contributed by atoms with Crippen LogP contribution in [0.25, 0.3) is 0 Å². The van der Waals surface area contributed by atoms with Crippen LogP contribution in [0, 0.1) is 0 Å². The Kier molecular flexibility index (Phi) is 13.7. The standard InChI is InChI=1S/C17H32ClN5O.C4H8/c1-7-23(15(4)20-14(3)18)11-8-13(2)19-17(24)22(6)16-9-10-21(5)12-16;1-3-4-2/h13,16H,4,7-12H2,1-3,5-6H3,(H,19,24);3H,1,4H2,2H3/b20-14+;. The van der Waals surface area contributed by atoms with Gasteiger partial charge in [-0.3, -0.25) is 0 Å². The molecule has 0 aromatic carbocycles. The summed E-state index contributed by atoms with van der Waals surface area (Å²) in [5.41, 5.74) is 0. The summed E-state index contributed by atoms with van der Waals surface area (Å²) in [6, 6.07) is 0.386. The molecule has 6 nitrogen and oxygen atoms in total. The van der Waals surface area contributed by atoms with Gasteiger partial charge in [-0.15, -0.1) is 6.58 Å². The van der Waals surface area contributed by atoms with Gasteiger partial charge in [0, 0.05) is 38.8 Å². The van der Waals surface area contributed by atoms with Crippen LogP contribution in [0.4, 0.5) is 4.79 Å². The van der Waals surface area contributed by atoms with Gasteiger partial charge in [0.25, 0.3) is 0 Å². The Morgan fingerprint density at radius 2 is 2.07 bits per heavy atom. The second-order valence-corrected chi connectivity index (χ2v) is 7.80. The second-order valence-electron chi connectivity index (χ2n) is 7.26. The lowest BCUT2D eigenvalue weighted by Gasteiger charge is -2.28. The molecule has 0 saturated carbocycles. The molecule has 2 atom stereocenters. The van der Waals surface area contributed by atoms with E-state index >= 15 is 0 Å². The molecule has 162 valence electrons. The van der Waals surface area contributed by atoms with Crippen molar-refractivity contribution in [3.63, 3.8) is 0 Å². The number of amides is 2. The molecule has 0 aromatic heterocycles. The highest BCUT2D eigenvalue weighted by molar-refractivity contribution is 6.64. The third-order valence-corrected chi connectivity index (χ3v) is 4.84. The van der Waals surface area contributed by atoms with Crippen LogP contribution < -0.4 is 5.32 Å². The zero-order chi connectivity index (χ0) is 21.7. The number of nitrogens with zero attached hydrogens (tertiary/aromatic N) is 4. The molecular weight excluding hydrogens is 374 g/mol. The summed E-state index contributed by atoms with van der Waals surface area (Å²) in [4.78, 5) is 22.7. The third kappa shape index (κ3) is 10.7. The van der Waals surface area contributed by atoms with Gasteiger partial charge in [0.1, 0.15) is 11.0 Å². The van der Waals surface area contributed by atoms with Gasteiger partial charge in [-0.05, 0) is 53.6 Å². The molecule has 0 radical (unpaired) electrons. The van der Waals surface area contributed by atoms with Crippen molar-refractivity contribution in [1.82, 2.24) is 20.0 Å². The van der Waals surface area contributed by atoms with Crippen LogP contribution in [0.5, 0.6) is 0 Å². The molecule has 1 fully saturated rings. The summed E-state index contributed by atoms with van der Waals surface area (Å²) in [6.45, 7) is 18.9. The summed E-state index contributed by atoms with van der Waals surface area (Å²) in [5, 5.41) is 3.56. The van der Waals surface area contributed by atoms with E-state index in [-0.39, 0.29) is 12.1 Å². The number of halogens is 1. The Labute approximate surface area is 177 Å². The number of carbonyl (C=O) groups is 1. The Morgan fingerprint density at radius 1 is 1.46 bits per heavy atom. The van der Waals surface area contributed by atoms with E-state index in [0.717, 1.165) is 45.4 Å². The minimum absolute atomic E-state index is 0.000650. The third-order valence-electron chi connectivity index (χ3n) is 4.75. The van der Waals surface area contributed by atoms with Crippen molar-refractivity contribution in [1.29, 1.82) is 0 Å². The van der Waals surface area contributed by atoms with Crippen LogP contribution >= 0.6 is 11.6 Å². The van der Waals surface area contributed by atoms with Crippen molar-refractivity contribution in [2.24, 2.45) is 4.99 Å². The van der Waals surface area contributed by atoms with E-state index in [0.29, 0.717) is 17.0 Å². The van der Waals surface area contributed by atoms with Gasteiger partial charge in [0.05, 0.1) is 0 Å². The van der Waals surface area contributed by atoms with Crippen molar-refractivity contribution in [2.75, 3.05) is 40.3 Å². The van der Waals surface area contributed by atoms with Gasteiger partial charge in [0.15, 0.2) is 0 Å². The zero-order valence-electron chi connectivity index (χ0n) is 18.7. The van der Waals surface area contributed by atoms with Crippen molar-refractivity contribution in [3.8, 4) is 0 Å². The largest absolute Gasteiger partial charge is 0.357 e. The van der Waals surface area contributed by atoms with Gasteiger partial charge in [-0.25, -0.2) is 9.79 Å². The maximum atomic E-state index is 12.4. The van der Waals surface area contributed by atoms with Crippen LogP contribution in [-0.4, -0.2) is 78.3 Å². The molecule has 28 heavy (non-hydrogen) atoms. The van der Waals surface area contributed by atoms with Gasteiger partial charge < -0.3 is 20.0 Å². The van der Waals surface area contributed by atoms with Gasteiger partial charge in [0.2, 0.25) is 0 Å². The quantitative estimate of drug-likeness (QED) is 0.456. The van der Waals surface area contributed by atoms with Gasteiger partial charge in [-0.2, -0.15) is 0 Å². The monoisotopic (exact) mass is 413 g/mol. The minimum atomic E-state index is -0.000650. The van der Waals surface area contributed by atoms with E-state index < -0.39 is 0 Å². The molecular formula is C21H40ClN5O. The predicted octanol–water partition coefficient (Wildman–Crippen LogP) is 4.14. The Balaban J connectivity index is 0.00000165. The molecule has 1 heterocycles. The van der Waals surface area contributed by atoms with E-state index in [2.05, 4.69) is 54.2 Å². The van der Waals surface area contributed by atoms with Crippen LogP contribution in [0.1, 0.15) is 47.0 Å². The van der Waals surface area contributed by atoms with Crippen LogP contribution in [0.3, 0.4) is 0 Å². The van der Waals surface area contributed by atoms with Crippen molar-refractivity contribution >= 4 is 22.8 Å². The Hall–Kier alpha value is -1.53. The predicted molar refractivity (Wildman–Crippen MR) is 122 cm³/mol. The topological polar surface area (TPSA) is 51.2 Å². The lowest BCUT2D eigenvalue weighted by molar-refractivity contribution is 0.186. The highest BCUT2D eigenvalue weighted by Gasteiger charge is 2.26. The summed E-state index contributed by atoms with van der Waals surface area (Å²) in [7, 11) is 3.97. The maximum absolute atomic E-state index is 12.4. The number of carbonyl (C=O) groups excluding carboxylic acids is 1. The molecule has 0 aliphatic carbocycles. The molecule has 1 saturated heterocycles. The smallest absolute Gasteiger partial charge is 0.317 e. The Morgan fingerprint density at radius 3 is 2.50 bits per heavy atom. The second kappa shape index (κ2) is 14.5. The average Bonchev–Trinajstić information content (AvgIpc) is 3.07. The van der Waals surface area contributed by atoms with Crippen molar-refractivity contribution in [3.05, 3.63) is 25.1 Å². The molecule has 1 aliphatic rings. The van der Waals surface area contributed by atoms with Gasteiger partial charge in [-0.1, -0.05) is 31.2 Å². The zero-order valence-corrected chi connectivity index (χ0v) is 19.4. The first-order chi connectivity index (χ1) is 13.2. The normalized spacial score (nSPS) is 18.0. The molecule has 2 unspecified atom stereocenters. The first-order valence-corrected chi connectivity index (χ1v) is 10.5. The number of hydrogen-bond acceptors (Lipinski definition) is 4. The van der Waals surface area contributed by atoms with Crippen LogP contribution in [0.15, 0.2) is 30.0 Å². The van der Waals surface area contributed by atoms with E-state index in [1.54, 1.807) is 6.92 Å². The SMILES string of the molecule is C=C(/N=C(\C)Cl)N(CC)CCC(C)NC(=O)N(C)C1CCN(C)C1.C=CCC. The maximum Gasteiger partial charge on any atom is 0.317 e. The molecule has 0 spiro atoms. The van der Waals surface area contributed by atoms with E-state index in [9.17, 15) is 4.79 Å². The summed E-state index contributed by atoms with van der Waals surface area (Å²) < 4.78 is 0. The fourth-order valence-corrected chi connectivity index (χ4v) is 2.94. The van der Waals surface area contributed by atoms with Crippen molar-refractivity contribution < 1.29 is 4.79 Å². The molecule has 2 amide bonds. The van der Waals surface area contributed by atoms with E-state index in [1.807, 2.05) is 24.9 Å². The molecule has 1 rings (SSSR count). The average molecular weight is 414 g/mol. The number of allylic oxidation sites excluding steroid dienone is 1. The number of likely N-dealkylation sites (tertiary alicyclic amines) is 1. The summed E-state index contributed by atoms with van der Waals surface area (Å²) in [6.07, 6.45) is 4.82. The first-order valence-electron chi connectivity index (χ1n) is 10.1. The lowest BCUT2D eigenvalue weighted by atomic mass is 10.2. The number of rotatable bonds is 9. The number of aliphatic imine (C=N–C) groups is 1. The number of urea groups is 1. The fourth-order valence-electron chi connectivity index (χ4n) is 2.85. The van der Waals surface area contributed by atoms with E-state index in [1.165, 1.54) is 0 Å². The molecule has 0 aromatic rings. The first kappa shape index (κ1) is 26.5. The fraction of sp³-hybridized carbons (Fsp3) is 0.714. The minimum Gasteiger partial charge on any atom is -0.357 e. The van der Waals surface area contributed by atoms with Gasteiger partial charge >= 0.3 is 6.03 Å². The van der Waals surface area contributed by atoms with Crippen LogP contribution in [0.2, 0.25) is 0 Å². The summed E-state index contributed by atoms with van der Waals surface area (Å²) in [5.74, 6) is 0.662.